The van der Waals surface area contributed by atoms with Crippen LogP contribution in [0, 0.1) is 5.92 Å². The smallest absolute Gasteiger partial charge is 0.462 e. The SMILES string of the molecule is CCCCCCCCCCCCCCCCCCCCCCCCC(=O)O[C@H](COC(=O)CCCCCCCCCCC(C)C)COP(=O)(O)OC[C@@H](O)COP(=O)(O)OC[C@@H](COC(=O)CCCCCCCCCCCCC)OC(=O)CCCCCCCCCCCCC. The fourth-order valence-corrected chi connectivity index (χ4v) is 13.3. The van der Waals surface area contributed by atoms with Crippen LogP contribution in [0.2, 0.25) is 0 Å². The molecule has 0 aromatic heterocycles. The Labute approximate surface area is 581 Å². The summed E-state index contributed by atoms with van der Waals surface area (Å²) in [6.07, 6.45) is 58.4. The third-order valence-corrected chi connectivity index (χ3v) is 19.7. The maximum Gasteiger partial charge on any atom is 0.472 e. The molecule has 17 nitrogen and oxygen atoms in total. The molecule has 3 N–H and O–H groups in total. The van der Waals surface area contributed by atoms with Gasteiger partial charge in [0.25, 0.3) is 0 Å². The molecule has 5 atom stereocenters. The molecule has 0 saturated carbocycles. The van der Waals surface area contributed by atoms with Crippen LogP contribution in [-0.4, -0.2) is 96.7 Å². The van der Waals surface area contributed by atoms with E-state index in [-0.39, 0.29) is 25.7 Å². The molecule has 0 radical (unpaired) electrons. The van der Waals surface area contributed by atoms with Crippen LogP contribution in [0.3, 0.4) is 0 Å². The van der Waals surface area contributed by atoms with Crippen LogP contribution >= 0.6 is 15.6 Å². The Bertz CT molecular complexity index is 1820. The molecule has 0 saturated heterocycles. The van der Waals surface area contributed by atoms with Gasteiger partial charge in [-0.2, -0.15) is 0 Å². The molecule has 564 valence electrons. The Morgan fingerprint density at radius 2 is 0.484 bits per heavy atom. The molecule has 19 heteroatoms. The summed E-state index contributed by atoms with van der Waals surface area (Å²) in [6.45, 7) is 7.24. The molecule has 0 spiro atoms. The largest absolute Gasteiger partial charge is 0.472 e. The molecular formula is C76H148O17P2. The Morgan fingerprint density at radius 1 is 0.284 bits per heavy atom. The highest BCUT2D eigenvalue weighted by Crippen LogP contribution is 2.45. The molecule has 0 rings (SSSR count). The van der Waals surface area contributed by atoms with Crippen molar-refractivity contribution in [2.45, 2.75) is 419 Å². The highest BCUT2D eigenvalue weighted by atomic mass is 31.2. The third kappa shape index (κ3) is 70.3. The quantitative estimate of drug-likeness (QED) is 0.0222. The first kappa shape index (κ1) is 93.1. The van der Waals surface area contributed by atoms with Gasteiger partial charge < -0.3 is 33.8 Å². The average molecular weight is 1400 g/mol. The summed E-state index contributed by atoms with van der Waals surface area (Å²) in [5, 5.41) is 10.6. The number of phosphoric ester groups is 2. The van der Waals surface area contributed by atoms with Gasteiger partial charge in [-0.1, -0.05) is 349 Å². The van der Waals surface area contributed by atoms with Gasteiger partial charge in [0.05, 0.1) is 26.4 Å². The molecule has 0 heterocycles. The highest BCUT2D eigenvalue weighted by molar-refractivity contribution is 7.47. The number of carbonyl (C=O) groups excluding carboxylic acids is 4. The van der Waals surface area contributed by atoms with E-state index in [1.807, 2.05) is 0 Å². The first-order valence-corrected chi connectivity index (χ1v) is 42.6. The van der Waals surface area contributed by atoms with Crippen LogP contribution in [0.4, 0.5) is 0 Å². The lowest BCUT2D eigenvalue weighted by molar-refractivity contribution is -0.161. The van der Waals surface area contributed by atoms with Gasteiger partial charge in [-0.3, -0.25) is 37.3 Å². The molecular weight excluding hydrogens is 1250 g/mol. The molecule has 0 aliphatic heterocycles. The second-order valence-corrected chi connectivity index (χ2v) is 30.8. The highest BCUT2D eigenvalue weighted by Gasteiger charge is 2.30. The summed E-state index contributed by atoms with van der Waals surface area (Å²) >= 11 is 0. The summed E-state index contributed by atoms with van der Waals surface area (Å²) in [5.41, 5.74) is 0. The number of phosphoric acid groups is 2. The molecule has 0 aliphatic rings. The Morgan fingerprint density at radius 3 is 0.716 bits per heavy atom. The fraction of sp³-hybridized carbons (Fsp3) is 0.947. The van der Waals surface area contributed by atoms with Gasteiger partial charge >= 0.3 is 39.5 Å². The maximum absolute atomic E-state index is 13.1. The minimum absolute atomic E-state index is 0.107. The predicted molar refractivity (Wildman–Crippen MR) is 386 cm³/mol. The predicted octanol–water partition coefficient (Wildman–Crippen LogP) is 22.5. The number of aliphatic hydroxyl groups is 1. The van der Waals surface area contributed by atoms with Gasteiger partial charge in [0.15, 0.2) is 12.2 Å². The Kier molecular flexibility index (Phi) is 67.7. The number of hydrogen-bond acceptors (Lipinski definition) is 15. The van der Waals surface area contributed by atoms with Crippen molar-refractivity contribution in [3.63, 3.8) is 0 Å². The first-order chi connectivity index (χ1) is 46.0. The van der Waals surface area contributed by atoms with Crippen molar-refractivity contribution in [1.29, 1.82) is 0 Å². The monoisotopic (exact) mass is 1400 g/mol. The molecule has 0 amide bonds. The molecule has 0 aliphatic carbocycles. The van der Waals surface area contributed by atoms with Crippen molar-refractivity contribution < 1.29 is 80.2 Å². The van der Waals surface area contributed by atoms with Crippen LogP contribution in [0.15, 0.2) is 0 Å². The van der Waals surface area contributed by atoms with Gasteiger partial charge in [-0.15, -0.1) is 0 Å². The average Bonchev–Trinajstić information content (AvgIpc) is 2.15. The molecule has 0 bridgehead atoms. The maximum atomic E-state index is 13.1. The standard InChI is InChI=1S/C76H148O17P2/c1-6-9-12-15-18-21-24-25-26-27-28-29-30-31-32-33-34-37-40-47-52-57-62-76(81)93-72(66-87-74(79)60-55-50-45-42-41-43-48-53-58-69(4)5)68-91-95(84,85)89-64-70(77)63-88-94(82,83)90-67-71(92-75(80)61-56-51-46-39-36-23-20-17-14-11-8-3)65-86-73(78)59-54-49-44-38-35-22-19-16-13-10-7-2/h69-72,77H,6-68H2,1-5H3,(H,82,83)(H,84,85)/t70-,71+,72+/m0/s1. The zero-order valence-electron chi connectivity index (χ0n) is 61.8. The normalized spacial score (nSPS) is 13.9. The van der Waals surface area contributed by atoms with Gasteiger partial charge in [-0.05, 0) is 31.6 Å². The second-order valence-electron chi connectivity index (χ2n) is 27.9. The minimum atomic E-state index is -4.96. The molecule has 0 aromatic rings. The lowest BCUT2D eigenvalue weighted by atomic mass is 10.0. The number of esters is 4. The molecule has 0 fully saturated rings. The van der Waals surface area contributed by atoms with E-state index in [0.717, 1.165) is 95.8 Å². The number of rotatable bonds is 76. The van der Waals surface area contributed by atoms with E-state index in [2.05, 4.69) is 34.6 Å². The first-order valence-electron chi connectivity index (χ1n) is 39.6. The number of aliphatic hydroxyl groups excluding tert-OH is 1. The fourth-order valence-electron chi connectivity index (χ4n) is 11.7. The minimum Gasteiger partial charge on any atom is -0.462 e. The third-order valence-electron chi connectivity index (χ3n) is 17.8. The number of hydrogen-bond donors (Lipinski definition) is 3. The summed E-state index contributed by atoms with van der Waals surface area (Å²) in [7, 11) is -9.91. The zero-order valence-corrected chi connectivity index (χ0v) is 63.6. The molecule has 95 heavy (non-hydrogen) atoms. The molecule has 0 aromatic carbocycles. The Balaban J connectivity index is 5.16. The number of carbonyl (C=O) groups is 4. The van der Waals surface area contributed by atoms with Crippen molar-refractivity contribution in [2.24, 2.45) is 5.92 Å². The van der Waals surface area contributed by atoms with Crippen LogP contribution in [-0.2, 0) is 65.4 Å². The van der Waals surface area contributed by atoms with E-state index in [4.69, 9.17) is 37.0 Å². The number of unbranched alkanes of at least 4 members (excludes halogenated alkanes) is 48. The lowest BCUT2D eigenvalue weighted by Crippen LogP contribution is -2.30. The van der Waals surface area contributed by atoms with E-state index in [0.29, 0.717) is 25.7 Å². The summed E-state index contributed by atoms with van der Waals surface area (Å²) in [6, 6.07) is 0. The van der Waals surface area contributed by atoms with Crippen molar-refractivity contribution in [2.75, 3.05) is 39.6 Å². The van der Waals surface area contributed by atoms with Crippen molar-refractivity contribution >= 4 is 39.5 Å². The number of ether oxygens (including phenoxy) is 4. The molecule has 2 unspecified atom stereocenters. The van der Waals surface area contributed by atoms with Crippen molar-refractivity contribution in [3.8, 4) is 0 Å². The van der Waals surface area contributed by atoms with E-state index in [1.54, 1.807) is 0 Å². The van der Waals surface area contributed by atoms with Crippen molar-refractivity contribution in [1.82, 2.24) is 0 Å². The van der Waals surface area contributed by atoms with Gasteiger partial charge in [0, 0.05) is 25.7 Å². The summed E-state index contributed by atoms with van der Waals surface area (Å²) < 4.78 is 68.5. The van der Waals surface area contributed by atoms with Crippen LogP contribution in [0.25, 0.3) is 0 Å². The van der Waals surface area contributed by atoms with Crippen LogP contribution in [0.1, 0.15) is 401 Å². The summed E-state index contributed by atoms with van der Waals surface area (Å²) in [5.74, 6) is -1.39. The van der Waals surface area contributed by atoms with Crippen LogP contribution < -0.4 is 0 Å². The van der Waals surface area contributed by atoms with E-state index in [9.17, 15) is 43.2 Å². The Hall–Kier alpha value is -1.94. The van der Waals surface area contributed by atoms with E-state index < -0.39 is 97.5 Å². The lowest BCUT2D eigenvalue weighted by Gasteiger charge is -2.21. The van der Waals surface area contributed by atoms with Gasteiger partial charge in [0.1, 0.15) is 19.3 Å². The van der Waals surface area contributed by atoms with Crippen LogP contribution in [0.5, 0.6) is 0 Å². The van der Waals surface area contributed by atoms with Gasteiger partial charge in [0.2, 0.25) is 0 Å². The van der Waals surface area contributed by atoms with Crippen molar-refractivity contribution in [3.05, 3.63) is 0 Å². The topological polar surface area (TPSA) is 237 Å². The van der Waals surface area contributed by atoms with E-state index >= 15 is 0 Å². The zero-order chi connectivity index (χ0) is 69.8. The van der Waals surface area contributed by atoms with Gasteiger partial charge in [-0.25, -0.2) is 9.13 Å². The van der Waals surface area contributed by atoms with E-state index in [1.165, 1.54) is 225 Å². The second kappa shape index (κ2) is 69.2. The summed E-state index contributed by atoms with van der Waals surface area (Å²) in [4.78, 5) is 72.7.